The molecule has 0 aromatic heterocycles. The molecule has 12 heavy (non-hydrogen) atoms. The molecule has 1 aliphatic rings. The summed E-state index contributed by atoms with van der Waals surface area (Å²) in [5.74, 6) is -0.0379. The lowest BCUT2D eigenvalue weighted by Crippen LogP contribution is -2.42. The predicted molar refractivity (Wildman–Crippen MR) is 47.8 cm³/mol. The lowest BCUT2D eigenvalue weighted by atomic mass is 9.82. The summed E-state index contributed by atoms with van der Waals surface area (Å²) in [6, 6.07) is 0. The second-order valence-electron chi connectivity index (χ2n) is 3.41. The van der Waals surface area contributed by atoms with Gasteiger partial charge in [0.2, 0.25) is 0 Å². The summed E-state index contributed by atoms with van der Waals surface area (Å²) < 4.78 is 5.52. The van der Waals surface area contributed by atoms with Crippen LogP contribution in [0, 0.1) is 6.92 Å². The molecule has 0 saturated heterocycles. The van der Waals surface area contributed by atoms with E-state index in [1.807, 2.05) is 6.92 Å². The van der Waals surface area contributed by atoms with Gasteiger partial charge in [-0.05, 0) is 19.8 Å². The van der Waals surface area contributed by atoms with Crippen LogP contribution in [0.4, 0.5) is 0 Å². The van der Waals surface area contributed by atoms with Crippen molar-refractivity contribution in [1.82, 2.24) is 0 Å². The Kier molecular flexibility index (Phi) is 3.27. The van der Waals surface area contributed by atoms with Crippen molar-refractivity contribution >= 4 is 5.78 Å². The van der Waals surface area contributed by atoms with Crippen molar-refractivity contribution in [2.75, 3.05) is 6.61 Å². The van der Waals surface area contributed by atoms with Crippen molar-refractivity contribution in [2.45, 2.75) is 44.6 Å². The molecule has 0 unspecified atom stereocenters. The molecule has 1 fully saturated rings. The molecule has 0 aliphatic heterocycles. The monoisotopic (exact) mass is 169 g/mol. The summed E-state index contributed by atoms with van der Waals surface area (Å²) in [4.78, 5) is 11.3. The summed E-state index contributed by atoms with van der Waals surface area (Å²) in [5.41, 5.74) is -0.521. The Hall–Kier alpha value is -0.370. The minimum atomic E-state index is -0.521. The Morgan fingerprint density at radius 2 is 2.00 bits per heavy atom. The molecule has 0 heterocycles. The zero-order valence-electron chi connectivity index (χ0n) is 7.77. The number of hydrogen-bond acceptors (Lipinski definition) is 2. The van der Waals surface area contributed by atoms with Gasteiger partial charge in [-0.25, -0.2) is 0 Å². The number of hydrogen-bond donors (Lipinski definition) is 0. The van der Waals surface area contributed by atoms with E-state index in [9.17, 15) is 4.79 Å². The van der Waals surface area contributed by atoms with Crippen molar-refractivity contribution < 1.29 is 9.53 Å². The Morgan fingerprint density at radius 1 is 1.42 bits per heavy atom. The highest BCUT2D eigenvalue weighted by molar-refractivity contribution is 5.91. The van der Waals surface area contributed by atoms with Crippen molar-refractivity contribution in [2.24, 2.45) is 0 Å². The van der Waals surface area contributed by atoms with E-state index in [1.165, 1.54) is 6.42 Å². The van der Waals surface area contributed by atoms with Crippen molar-refractivity contribution in [3.8, 4) is 0 Å². The molecule has 0 aromatic carbocycles. The van der Waals surface area contributed by atoms with Crippen LogP contribution in [-0.2, 0) is 9.53 Å². The fourth-order valence-electron chi connectivity index (χ4n) is 1.90. The first-order valence-electron chi connectivity index (χ1n) is 4.71. The number of ether oxygens (including phenoxy) is 1. The van der Waals surface area contributed by atoms with E-state index < -0.39 is 5.60 Å². The number of Topliss-reactive ketones (excluding diaryl/α,β-unsaturated/α-hetero) is 1. The average Bonchev–Trinajstić information content (AvgIpc) is 2.06. The Bertz CT molecular complexity index is 152. The Morgan fingerprint density at radius 3 is 2.42 bits per heavy atom. The van der Waals surface area contributed by atoms with Crippen molar-refractivity contribution in [3.63, 3.8) is 0 Å². The SMILES string of the molecule is [CH2]C(=O)C1(OCC)CCCCC1. The van der Waals surface area contributed by atoms with E-state index in [2.05, 4.69) is 6.92 Å². The van der Waals surface area contributed by atoms with Gasteiger partial charge in [-0.2, -0.15) is 0 Å². The van der Waals surface area contributed by atoms with Crippen LogP contribution in [-0.4, -0.2) is 18.0 Å². The predicted octanol–water partition coefficient (Wildman–Crippen LogP) is 2.13. The summed E-state index contributed by atoms with van der Waals surface area (Å²) >= 11 is 0. The molecule has 2 nitrogen and oxygen atoms in total. The first-order valence-corrected chi connectivity index (χ1v) is 4.71. The largest absolute Gasteiger partial charge is 0.368 e. The smallest absolute Gasteiger partial charge is 0.165 e. The van der Waals surface area contributed by atoms with Crippen LogP contribution in [0.1, 0.15) is 39.0 Å². The zero-order chi connectivity index (χ0) is 9.03. The van der Waals surface area contributed by atoms with Gasteiger partial charge in [0, 0.05) is 13.5 Å². The van der Waals surface area contributed by atoms with Gasteiger partial charge in [0.25, 0.3) is 0 Å². The number of rotatable bonds is 3. The van der Waals surface area contributed by atoms with Crippen LogP contribution in [0.5, 0.6) is 0 Å². The van der Waals surface area contributed by atoms with Crippen LogP contribution in [0.15, 0.2) is 0 Å². The minimum Gasteiger partial charge on any atom is -0.368 e. The van der Waals surface area contributed by atoms with Gasteiger partial charge in [-0.15, -0.1) is 0 Å². The molecule has 1 rings (SSSR count). The lowest BCUT2D eigenvalue weighted by molar-refractivity contribution is -0.143. The topological polar surface area (TPSA) is 26.3 Å². The van der Waals surface area contributed by atoms with E-state index >= 15 is 0 Å². The second kappa shape index (κ2) is 4.04. The van der Waals surface area contributed by atoms with Crippen LogP contribution >= 0.6 is 0 Å². The summed E-state index contributed by atoms with van der Waals surface area (Å²) in [7, 11) is 0. The van der Waals surface area contributed by atoms with E-state index in [1.54, 1.807) is 0 Å². The number of carbonyl (C=O) groups is 1. The van der Waals surface area contributed by atoms with Gasteiger partial charge >= 0.3 is 0 Å². The van der Waals surface area contributed by atoms with Crippen LogP contribution in [0.3, 0.4) is 0 Å². The summed E-state index contributed by atoms with van der Waals surface area (Å²) in [5, 5.41) is 0. The molecule has 69 valence electrons. The van der Waals surface area contributed by atoms with Crippen LogP contribution in [0.2, 0.25) is 0 Å². The number of ketones is 1. The molecule has 0 spiro atoms. The average molecular weight is 169 g/mol. The van der Waals surface area contributed by atoms with Gasteiger partial charge in [-0.1, -0.05) is 19.3 Å². The maximum atomic E-state index is 11.3. The van der Waals surface area contributed by atoms with Gasteiger partial charge in [0.15, 0.2) is 5.78 Å². The van der Waals surface area contributed by atoms with Crippen molar-refractivity contribution in [1.29, 1.82) is 0 Å². The maximum absolute atomic E-state index is 11.3. The molecule has 1 aliphatic carbocycles. The summed E-state index contributed by atoms with van der Waals surface area (Å²) in [6.45, 7) is 6.03. The van der Waals surface area contributed by atoms with Crippen molar-refractivity contribution in [3.05, 3.63) is 6.92 Å². The molecule has 0 atom stereocenters. The first kappa shape index (κ1) is 9.72. The molecule has 0 aromatic rings. The highest BCUT2D eigenvalue weighted by Gasteiger charge is 2.37. The van der Waals surface area contributed by atoms with Gasteiger partial charge in [-0.3, -0.25) is 4.79 Å². The Labute approximate surface area is 74.3 Å². The number of carbonyl (C=O) groups excluding carboxylic acids is 1. The standard InChI is InChI=1S/C10H17O2/c1-3-12-10(9(2)11)7-5-4-6-8-10/h2-8H2,1H3. The summed E-state index contributed by atoms with van der Waals surface area (Å²) in [6.07, 6.45) is 5.15. The third-order valence-corrected chi connectivity index (χ3v) is 2.59. The fourth-order valence-corrected chi connectivity index (χ4v) is 1.90. The molecular formula is C10H17O2. The van der Waals surface area contributed by atoms with E-state index in [0.717, 1.165) is 25.7 Å². The molecule has 0 bridgehead atoms. The van der Waals surface area contributed by atoms with Crippen LogP contribution in [0.25, 0.3) is 0 Å². The van der Waals surface area contributed by atoms with Gasteiger partial charge < -0.3 is 4.74 Å². The first-order chi connectivity index (χ1) is 5.71. The van der Waals surface area contributed by atoms with Crippen LogP contribution < -0.4 is 0 Å². The van der Waals surface area contributed by atoms with Gasteiger partial charge in [0.1, 0.15) is 5.60 Å². The molecule has 0 N–H and O–H groups in total. The van der Waals surface area contributed by atoms with E-state index in [-0.39, 0.29) is 5.78 Å². The zero-order valence-corrected chi connectivity index (χ0v) is 7.77. The van der Waals surface area contributed by atoms with E-state index in [4.69, 9.17) is 4.74 Å². The maximum Gasteiger partial charge on any atom is 0.165 e. The molecular weight excluding hydrogens is 152 g/mol. The highest BCUT2D eigenvalue weighted by Crippen LogP contribution is 2.32. The molecule has 1 radical (unpaired) electrons. The normalized spacial score (nSPS) is 22.2. The molecule has 1 saturated carbocycles. The lowest BCUT2D eigenvalue weighted by Gasteiger charge is -2.34. The minimum absolute atomic E-state index is 0.0379. The molecule has 0 amide bonds. The third kappa shape index (κ3) is 1.86. The fraction of sp³-hybridized carbons (Fsp3) is 0.800. The quantitative estimate of drug-likeness (QED) is 0.647. The van der Waals surface area contributed by atoms with E-state index in [0.29, 0.717) is 6.61 Å². The third-order valence-electron chi connectivity index (χ3n) is 2.59. The highest BCUT2D eigenvalue weighted by atomic mass is 16.5. The second-order valence-corrected chi connectivity index (χ2v) is 3.41. The Balaban J connectivity index is 2.63. The molecule has 2 heteroatoms. The van der Waals surface area contributed by atoms with Gasteiger partial charge in [0.05, 0.1) is 0 Å².